The number of benzene rings is 1. The van der Waals surface area contributed by atoms with Crippen molar-refractivity contribution in [3.05, 3.63) is 27.1 Å². The van der Waals surface area contributed by atoms with Gasteiger partial charge in [0, 0.05) is 3.57 Å². The van der Waals surface area contributed by atoms with Crippen LogP contribution in [-0.4, -0.2) is 18.2 Å². The Kier molecular flexibility index (Phi) is 4.31. The van der Waals surface area contributed by atoms with Gasteiger partial charge in [0.1, 0.15) is 0 Å². The molecule has 76 valence electrons. The van der Waals surface area contributed by atoms with Gasteiger partial charge in [-0.1, -0.05) is 15.9 Å². The summed E-state index contributed by atoms with van der Waals surface area (Å²) in [6.07, 6.45) is 0. The highest BCUT2D eigenvalue weighted by Gasteiger charge is 2.18. The SMILES string of the molecule is COc1ccc(I)c(C(=O)CBr)c1F. The van der Waals surface area contributed by atoms with Gasteiger partial charge in [-0.15, -0.1) is 0 Å². The third-order valence-corrected chi connectivity index (χ3v) is 3.08. The van der Waals surface area contributed by atoms with Crippen molar-refractivity contribution >= 4 is 44.3 Å². The second-order valence-corrected chi connectivity index (χ2v) is 4.22. The van der Waals surface area contributed by atoms with Gasteiger partial charge in [-0.2, -0.15) is 0 Å². The molecule has 0 N–H and O–H groups in total. The lowest BCUT2D eigenvalue weighted by atomic mass is 10.1. The molecule has 1 aromatic rings. The number of rotatable bonds is 3. The minimum atomic E-state index is -0.594. The van der Waals surface area contributed by atoms with E-state index in [1.54, 1.807) is 6.07 Å². The number of ketones is 1. The number of hydrogen-bond donors (Lipinski definition) is 0. The Morgan fingerprint density at radius 2 is 2.29 bits per heavy atom. The van der Waals surface area contributed by atoms with Crippen molar-refractivity contribution < 1.29 is 13.9 Å². The zero-order valence-electron chi connectivity index (χ0n) is 7.31. The molecule has 1 rings (SSSR count). The van der Waals surface area contributed by atoms with Crippen LogP contribution in [0.25, 0.3) is 0 Å². The van der Waals surface area contributed by atoms with Crippen LogP contribution >= 0.6 is 38.5 Å². The van der Waals surface area contributed by atoms with Crippen LogP contribution in [0.1, 0.15) is 10.4 Å². The van der Waals surface area contributed by atoms with Crippen LogP contribution in [0.3, 0.4) is 0 Å². The standard InChI is InChI=1S/C9H7BrFIO2/c1-14-7-3-2-5(12)8(9(7)11)6(13)4-10/h2-3H,4H2,1H3. The second kappa shape index (κ2) is 5.06. The van der Waals surface area contributed by atoms with Crippen molar-refractivity contribution in [2.24, 2.45) is 0 Å². The van der Waals surface area contributed by atoms with Crippen LogP contribution in [0.5, 0.6) is 5.75 Å². The molecule has 0 aromatic heterocycles. The van der Waals surface area contributed by atoms with Gasteiger partial charge in [0.25, 0.3) is 0 Å². The topological polar surface area (TPSA) is 26.3 Å². The van der Waals surface area contributed by atoms with E-state index in [-0.39, 0.29) is 22.4 Å². The summed E-state index contributed by atoms with van der Waals surface area (Å²) >= 11 is 4.93. The maximum Gasteiger partial charge on any atom is 0.177 e. The number of halogens is 3. The quantitative estimate of drug-likeness (QED) is 0.463. The van der Waals surface area contributed by atoms with Crippen molar-refractivity contribution in [2.75, 3.05) is 12.4 Å². The molecule has 1 aromatic carbocycles. The summed E-state index contributed by atoms with van der Waals surface area (Å²) in [4.78, 5) is 11.4. The van der Waals surface area contributed by atoms with Crippen LogP contribution in [-0.2, 0) is 0 Å². The summed E-state index contributed by atoms with van der Waals surface area (Å²) < 4.78 is 19.0. The van der Waals surface area contributed by atoms with E-state index in [2.05, 4.69) is 15.9 Å². The minimum absolute atomic E-state index is 0.0850. The maximum atomic E-state index is 13.6. The van der Waals surface area contributed by atoms with Crippen molar-refractivity contribution in [2.45, 2.75) is 0 Å². The normalized spacial score (nSPS) is 10.0. The Morgan fingerprint density at radius 1 is 1.64 bits per heavy atom. The lowest BCUT2D eigenvalue weighted by Gasteiger charge is -2.07. The van der Waals surface area contributed by atoms with Gasteiger partial charge in [-0.05, 0) is 34.7 Å². The summed E-state index contributed by atoms with van der Waals surface area (Å²) in [5, 5.41) is 0.104. The largest absolute Gasteiger partial charge is 0.494 e. The number of hydrogen-bond acceptors (Lipinski definition) is 2. The Hall–Kier alpha value is -0.170. The highest BCUT2D eigenvalue weighted by Crippen LogP contribution is 2.25. The minimum Gasteiger partial charge on any atom is -0.494 e. The fourth-order valence-electron chi connectivity index (χ4n) is 1.01. The molecule has 0 aliphatic carbocycles. The van der Waals surface area contributed by atoms with Crippen LogP contribution in [0, 0.1) is 9.39 Å². The molecule has 0 heterocycles. The lowest BCUT2D eigenvalue weighted by Crippen LogP contribution is -2.07. The van der Waals surface area contributed by atoms with Gasteiger partial charge < -0.3 is 4.74 Å². The number of methoxy groups -OCH3 is 1. The molecule has 0 atom stereocenters. The second-order valence-electron chi connectivity index (χ2n) is 2.50. The smallest absolute Gasteiger partial charge is 0.177 e. The number of carbonyl (C=O) groups excluding carboxylic acids is 1. The zero-order chi connectivity index (χ0) is 10.7. The summed E-state index contributed by atoms with van der Waals surface area (Å²) in [7, 11) is 1.37. The molecule has 0 fully saturated rings. The van der Waals surface area contributed by atoms with Crippen LogP contribution in [0.2, 0.25) is 0 Å². The molecule has 0 saturated carbocycles. The number of Topliss-reactive ketones (excluding diaryl/α,β-unsaturated/α-hetero) is 1. The molecular formula is C9H7BrFIO2. The van der Waals surface area contributed by atoms with E-state index in [1.807, 2.05) is 22.6 Å². The monoisotopic (exact) mass is 372 g/mol. The van der Waals surface area contributed by atoms with Crippen molar-refractivity contribution in [1.82, 2.24) is 0 Å². The van der Waals surface area contributed by atoms with Crippen molar-refractivity contribution in [3.63, 3.8) is 0 Å². The molecule has 14 heavy (non-hydrogen) atoms. The maximum absolute atomic E-state index is 13.6. The van der Waals surface area contributed by atoms with E-state index in [1.165, 1.54) is 13.2 Å². The van der Waals surface area contributed by atoms with Gasteiger partial charge in [0.15, 0.2) is 17.3 Å². The lowest BCUT2D eigenvalue weighted by molar-refractivity contribution is 0.101. The summed E-state index contributed by atoms with van der Waals surface area (Å²) in [5.74, 6) is -0.788. The fraction of sp³-hybridized carbons (Fsp3) is 0.222. The zero-order valence-corrected chi connectivity index (χ0v) is 11.1. The first-order valence-corrected chi connectivity index (χ1v) is 5.93. The first-order chi connectivity index (χ1) is 6.61. The fourth-order valence-corrected chi connectivity index (χ4v) is 2.01. The molecule has 0 bridgehead atoms. The average Bonchev–Trinajstić information content (AvgIpc) is 2.18. The molecule has 0 saturated heterocycles. The molecule has 0 radical (unpaired) electrons. The number of alkyl halides is 1. The van der Waals surface area contributed by atoms with Gasteiger partial charge in [0.2, 0.25) is 0 Å². The Bertz CT molecular complexity index is 368. The highest BCUT2D eigenvalue weighted by atomic mass is 127. The van der Waals surface area contributed by atoms with E-state index in [0.29, 0.717) is 3.57 Å². The van der Waals surface area contributed by atoms with E-state index in [4.69, 9.17) is 4.74 Å². The van der Waals surface area contributed by atoms with Crippen LogP contribution in [0.15, 0.2) is 12.1 Å². The van der Waals surface area contributed by atoms with Crippen LogP contribution < -0.4 is 4.74 Å². The predicted octanol–water partition coefficient (Wildman–Crippen LogP) is 3.02. The summed E-state index contributed by atoms with van der Waals surface area (Å²) in [5.41, 5.74) is 0.0850. The molecule has 0 aliphatic heterocycles. The highest BCUT2D eigenvalue weighted by molar-refractivity contribution is 14.1. The van der Waals surface area contributed by atoms with E-state index in [0.717, 1.165) is 0 Å². The van der Waals surface area contributed by atoms with Gasteiger partial charge in [-0.3, -0.25) is 4.79 Å². The Morgan fingerprint density at radius 3 is 2.79 bits per heavy atom. The first-order valence-electron chi connectivity index (χ1n) is 3.73. The first kappa shape index (κ1) is 11.9. The summed E-state index contributed by atoms with van der Waals surface area (Å²) in [6, 6.07) is 3.15. The molecule has 0 amide bonds. The van der Waals surface area contributed by atoms with E-state index in [9.17, 15) is 9.18 Å². The van der Waals surface area contributed by atoms with E-state index >= 15 is 0 Å². The van der Waals surface area contributed by atoms with E-state index < -0.39 is 5.82 Å². The van der Waals surface area contributed by atoms with Crippen molar-refractivity contribution in [3.8, 4) is 5.75 Å². The predicted molar refractivity (Wildman–Crippen MR) is 63.8 cm³/mol. The van der Waals surface area contributed by atoms with Gasteiger partial charge in [0.05, 0.1) is 18.0 Å². The molecule has 2 nitrogen and oxygen atoms in total. The molecule has 0 spiro atoms. The molecule has 0 unspecified atom stereocenters. The van der Waals surface area contributed by atoms with Crippen LogP contribution in [0.4, 0.5) is 4.39 Å². The van der Waals surface area contributed by atoms with Gasteiger partial charge >= 0.3 is 0 Å². The molecular weight excluding hydrogens is 366 g/mol. The summed E-state index contributed by atoms with van der Waals surface area (Å²) in [6.45, 7) is 0. The number of ether oxygens (including phenoxy) is 1. The third-order valence-electron chi connectivity index (χ3n) is 1.68. The molecule has 0 aliphatic rings. The average molecular weight is 373 g/mol. The third kappa shape index (κ3) is 2.25. The molecule has 5 heteroatoms. The Balaban J connectivity index is 3.32. The number of carbonyl (C=O) groups is 1. The van der Waals surface area contributed by atoms with Gasteiger partial charge in [-0.25, -0.2) is 4.39 Å². The van der Waals surface area contributed by atoms with Crippen molar-refractivity contribution in [1.29, 1.82) is 0 Å². The Labute approximate surface area is 103 Å².